The molecule has 0 bridgehead atoms. The third-order valence-corrected chi connectivity index (χ3v) is 3.78. The van der Waals surface area contributed by atoms with E-state index in [1.165, 1.54) is 19.4 Å². The van der Waals surface area contributed by atoms with Gasteiger partial charge < -0.3 is 9.88 Å². The quantitative estimate of drug-likeness (QED) is 0.837. The molecule has 0 amide bonds. The molecule has 2 atom stereocenters. The molecular formula is C13H24N4. The molecule has 0 aromatic carbocycles. The van der Waals surface area contributed by atoms with Crippen LogP contribution < -0.4 is 5.32 Å². The van der Waals surface area contributed by atoms with Crippen LogP contribution in [0.5, 0.6) is 0 Å². The highest BCUT2D eigenvalue weighted by Crippen LogP contribution is 2.12. The molecule has 4 heteroatoms. The number of imidazole rings is 1. The zero-order valence-corrected chi connectivity index (χ0v) is 11.0. The van der Waals surface area contributed by atoms with Gasteiger partial charge in [-0.15, -0.1) is 0 Å². The second-order valence-corrected chi connectivity index (χ2v) is 4.87. The van der Waals surface area contributed by atoms with Crippen LogP contribution >= 0.6 is 0 Å². The van der Waals surface area contributed by atoms with Crippen LogP contribution in [0.3, 0.4) is 0 Å². The molecule has 0 radical (unpaired) electrons. The maximum atomic E-state index is 4.09. The number of hydrogen-bond acceptors (Lipinski definition) is 3. The van der Waals surface area contributed by atoms with E-state index in [1.54, 1.807) is 0 Å². The van der Waals surface area contributed by atoms with Gasteiger partial charge in [-0.25, -0.2) is 4.98 Å². The SMILES string of the molecule is CCC1CN(CCn2ccnc2)C(CC)CN1. The van der Waals surface area contributed by atoms with Gasteiger partial charge in [0.25, 0.3) is 0 Å². The van der Waals surface area contributed by atoms with Gasteiger partial charge in [0.1, 0.15) is 0 Å². The zero-order valence-electron chi connectivity index (χ0n) is 11.0. The third kappa shape index (κ3) is 3.30. The van der Waals surface area contributed by atoms with Crippen LogP contribution in [0, 0.1) is 0 Å². The lowest BCUT2D eigenvalue weighted by Gasteiger charge is -2.40. The van der Waals surface area contributed by atoms with E-state index in [4.69, 9.17) is 0 Å². The predicted octanol–water partition coefficient (Wildman–Crippen LogP) is 1.35. The highest BCUT2D eigenvalue weighted by Gasteiger charge is 2.25. The molecule has 1 aliphatic rings. The van der Waals surface area contributed by atoms with E-state index in [0.29, 0.717) is 12.1 Å². The zero-order chi connectivity index (χ0) is 12.1. The molecule has 0 aliphatic carbocycles. The molecule has 0 spiro atoms. The number of piperazine rings is 1. The van der Waals surface area contributed by atoms with Crippen molar-refractivity contribution < 1.29 is 0 Å². The topological polar surface area (TPSA) is 33.1 Å². The maximum absolute atomic E-state index is 4.09. The van der Waals surface area contributed by atoms with E-state index in [0.717, 1.165) is 19.6 Å². The Bertz CT molecular complexity index is 309. The first-order valence-corrected chi connectivity index (χ1v) is 6.76. The first-order valence-electron chi connectivity index (χ1n) is 6.76. The normalized spacial score (nSPS) is 26.2. The molecule has 1 aromatic rings. The Morgan fingerprint density at radius 2 is 2.18 bits per heavy atom. The molecule has 1 aliphatic heterocycles. The second-order valence-electron chi connectivity index (χ2n) is 4.87. The highest BCUT2D eigenvalue weighted by molar-refractivity contribution is 4.85. The van der Waals surface area contributed by atoms with Gasteiger partial charge >= 0.3 is 0 Å². The van der Waals surface area contributed by atoms with Gasteiger partial charge in [-0.3, -0.25) is 4.90 Å². The maximum Gasteiger partial charge on any atom is 0.0946 e. The molecule has 96 valence electrons. The monoisotopic (exact) mass is 236 g/mol. The van der Waals surface area contributed by atoms with Crippen molar-refractivity contribution in [3.05, 3.63) is 18.7 Å². The van der Waals surface area contributed by atoms with Crippen molar-refractivity contribution in [3.8, 4) is 0 Å². The van der Waals surface area contributed by atoms with Crippen molar-refractivity contribution in [2.45, 2.75) is 45.3 Å². The molecule has 1 fully saturated rings. The van der Waals surface area contributed by atoms with E-state index in [2.05, 4.69) is 33.6 Å². The summed E-state index contributed by atoms with van der Waals surface area (Å²) >= 11 is 0. The molecular weight excluding hydrogens is 212 g/mol. The minimum Gasteiger partial charge on any atom is -0.336 e. The minimum absolute atomic E-state index is 0.667. The summed E-state index contributed by atoms with van der Waals surface area (Å²) in [6.45, 7) is 9.05. The molecule has 0 saturated carbocycles. The lowest BCUT2D eigenvalue weighted by atomic mass is 10.1. The van der Waals surface area contributed by atoms with Gasteiger partial charge in [0.15, 0.2) is 0 Å². The minimum atomic E-state index is 0.667. The molecule has 1 N–H and O–H groups in total. The van der Waals surface area contributed by atoms with Crippen LogP contribution in [0.25, 0.3) is 0 Å². The first-order chi connectivity index (χ1) is 8.33. The number of aromatic nitrogens is 2. The Hall–Kier alpha value is -0.870. The molecule has 4 nitrogen and oxygen atoms in total. The first kappa shape index (κ1) is 12.6. The lowest BCUT2D eigenvalue weighted by Crippen LogP contribution is -2.56. The fraction of sp³-hybridized carbons (Fsp3) is 0.769. The number of nitrogens with one attached hydrogen (secondary N) is 1. The lowest BCUT2D eigenvalue weighted by molar-refractivity contribution is 0.120. The van der Waals surface area contributed by atoms with Crippen molar-refractivity contribution in [1.82, 2.24) is 19.8 Å². The second kappa shape index (κ2) is 6.17. The van der Waals surface area contributed by atoms with Crippen molar-refractivity contribution in [1.29, 1.82) is 0 Å². The predicted molar refractivity (Wildman–Crippen MR) is 70.0 cm³/mol. The molecule has 2 rings (SSSR count). The average molecular weight is 236 g/mol. The van der Waals surface area contributed by atoms with Gasteiger partial charge in [0.05, 0.1) is 6.33 Å². The summed E-state index contributed by atoms with van der Waals surface area (Å²) in [6.07, 6.45) is 8.25. The van der Waals surface area contributed by atoms with E-state index in [-0.39, 0.29) is 0 Å². The Labute approximate surface area is 104 Å². The fourth-order valence-corrected chi connectivity index (χ4v) is 2.54. The van der Waals surface area contributed by atoms with Crippen LogP contribution in [0.2, 0.25) is 0 Å². The molecule has 1 aromatic heterocycles. The fourth-order valence-electron chi connectivity index (χ4n) is 2.54. The summed E-state index contributed by atoms with van der Waals surface area (Å²) in [7, 11) is 0. The van der Waals surface area contributed by atoms with Gasteiger partial charge in [0, 0.05) is 50.7 Å². The van der Waals surface area contributed by atoms with E-state index < -0.39 is 0 Å². The van der Waals surface area contributed by atoms with Gasteiger partial charge in [-0.05, 0) is 12.8 Å². The smallest absolute Gasteiger partial charge is 0.0946 e. The van der Waals surface area contributed by atoms with Crippen LogP contribution in [0.4, 0.5) is 0 Å². The number of rotatable bonds is 5. The van der Waals surface area contributed by atoms with Crippen molar-refractivity contribution in [2.24, 2.45) is 0 Å². The Morgan fingerprint density at radius 1 is 1.29 bits per heavy atom. The van der Waals surface area contributed by atoms with Gasteiger partial charge in [-0.2, -0.15) is 0 Å². The van der Waals surface area contributed by atoms with Crippen molar-refractivity contribution >= 4 is 0 Å². The van der Waals surface area contributed by atoms with Crippen LogP contribution in [-0.4, -0.2) is 46.2 Å². The standard InChI is InChI=1S/C13H24N4/c1-3-12-10-17(13(4-2)9-15-12)8-7-16-6-5-14-11-16/h5-6,11-13,15H,3-4,7-10H2,1-2H3. The summed E-state index contributed by atoms with van der Waals surface area (Å²) in [6, 6.07) is 1.36. The molecule has 17 heavy (non-hydrogen) atoms. The van der Waals surface area contributed by atoms with Crippen LogP contribution in [0.15, 0.2) is 18.7 Å². The van der Waals surface area contributed by atoms with E-state index in [1.807, 2.05) is 18.7 Å². The Kier molecular flexibility index (Phi) is 4.57. The van der Waals surface area contributed by atoms with Crippen LogP contribution in [-0.2, 0) is 6.54 Å². The summed E-state index contributed by atoms with van der Waals surface area (Å²) in [5.41, 5.74) is 0. The summed E-state index contributed by atoms with van der Waals surface area (Å²) in [5, 5.41) is 3.63. The van der Waals surface area contributed by atoms with Crippen molar-refractivity contribution in [2.75, 3.05) is 19.6 Å². The summed E-state index contributed by atoms with van der Waals surface area (Å²) in [5.74, 6) is 0. The van der Waals surface area contributed by atoms with Gasteiger partial charge in [0.2, 0.25) is 0 Å². The third-order valence-electron chi connectivity index (χ3n) is 3.78. The summed E-state index contributed by atoms with van der Waals surface area (Å²) < 4.78 is 2.16. The number of nitrogens with zero attached hydrogens (tertiary/aromatic N) is 3. The molecule has 2 unspecified atom stereocenters. The Balaban J connectivity index is 1.86. The Morgan fingerprint density at radius 3 is 2.82 bits per heavy atom. The van der Waals surface area contributed by atoms with E-state index in [9.17, 15) is 0 Å². The molecule has 1 saturated heterocycles. The highest BCUT2D eigenvalue weighted by atomic mass is 15.2. The average Bonchev–Trinajstić information content (AvgIpc) is 2.89. The largest absolute Gasteiger partial charge is 0.336 e. The van der Waals surface area contributed by atoms with E-state index >= 15 is 0 Å². The number of hydrogen-bond donors (Lipinski definition) is 1. The molecule has 2 heterocycles. The van der Waals surface area contributed by atoms with Gasteiger partial charge in [-0.1, -0.05) is 13.8 Å². The van der Waals surface area contributed by atoms with Crippen LogP contribution in [0.1, 0.15) is 26.7 Å². The van der Waals surface area contributed by atoms with Crippen molar-refractivity contribution in [3.63, 3.8) is 0 Å². The summed E-state index contributed by atoms with van der Waals surface area (Å²) in [4.78, 5) is 6.72.